The normalized spacial score (nSPS) is 11.7. The van der Waals surface area contributed by atoms with Gasteiger partial charge in [0.1, 0.15) is 0 Å². The Hall–Kier alpha value is -2.21. The van der Waals surface area contributed by atoms with E-state index in [0.717, 1.165) is 6.42 Å². The molecular weight excluding hydrogens is 350 g/mol. The number of hydrogen-bond donors (Lipinski definition) is 1. The number of thiophene rings is 1. The van der Waals surface area contributed by atoms with Crippen molar-refractivity contribution in [2.75, 3.05) is 19.8 Å². The molecule has 142 valence electrons. The molecule has 1 N–H and O–H groups in total. The topological polar surface area (TPSA) is 56.8 Å². The SMILES string of the molecule is CCOc1cc(C(=O)N[C@H](C)Cc2cccs2)cc(OCC)c1OCC. The first kappa shape index (κ1) is 20.1. The fourth-order valence-electron chi connectivity index (χ4n) is 2.61. The van der Waals surface area contributed by atoms with Gasteiger partial charge in [-0.3, -0.25) is 4.79 Å². The number of carbonyl (C=O) groups is 1. The van der Waals surface area contributed by atoms with Gasteiger partial charge in [0.05, 0.1) is 19.8 Å². The van der Waals surface area contributed by atoms with Crippen LogP contribution in [0.15, 0.2) is 29.6 Å². The Morgan fingerprint density at radius 1 is 1.08 bits per heavy atom. The molecule has 0 saturated carbocycles. The van der Waals surface area contributed by atoms with Crippen molar-refractivity contribution >= 4 is 17.2 Å². The van der Waals surface area contributed by atoms with E-state index < -0.39 is 0 Å². The highest BCUT2D eigenvalue weighted by atomic mass is 32.1. The minimum atomic E-state index is -0.154. The van der Waals surface area contributed by atoms with Crippen molar-refractivity contribution in [3.63, 3.8) is 0 Å². The number of ether oxygens (including phenoxy) is 3. The van der Waals surface area contributed by atoms with E-state index in [4.69, 9.17) is 14.2 Å². The van der Waals surface area contributed by atoms with Gasteiger partial charge < -0.3 is 19.5 Å². The smallest absolute Gasteiger partial charge is 0.251 e. The van der Waals surface area contributed by atoms with Gasteiger partial charge in [-0.05, 0) is 51.3 Å². The van der Waals surface area contributed by atoms with Crippen molar-refractivity contribution in [2.24, 2.45) is 0 Å². The van der Waals surface area contributed by atoms with Crippen molar-refractivity contribution in [3.8, 4) is 17.2 Å². The van der Waals surface area contributed by atoms with Gasteiger partial charge in [-0.1, -0.05) is 6.07 Å². The van der Waals surface area contributed by atoms with Crippen LogP contribution in [0.3, 0.4) is 0 Å². The van der Waals surface area contributed by atoms with E-state index in [1.54, 1.807) is 23.5 Å². The molecule has 1 atom stereocenters. The number of amides is 1. The summed E-state index contributed by atoms with van der Waals surface area (Å²) in [6.07, 6.45) is 0.803. The Bertz CT molecular complexity index is 673. The highest BCUT2D eigenvalue weighted by Crippen LogP contribution is 2.39. The van der Waals surface area contributed by atoms with Crippen LogP contribution in [0, 0.1) is 0 Å². The van der Waals surface area contributed by atoms with Gasteiger partial charge >= 0.3 is 0 Å². The summed E-state index contributed by atoms with van der Waals surface area (Å²) in [6, 6.07) is 7.54. The highest BCUT2D eigenvalue weighted by molar-refractivity contribution is 7.09. The van der Waals surface area contributed by atoms with Crippen LogP contribution in [0.2, 0.25) is 0 Å². The molecule has 1 amide bonds. The summed E-state index contributed by atoms with van der Waals surface area (Å²) >= 11 is 1.69. The summed E-state index contributed by atoms with van der Waals surface area (Å²) in [4.78, 5) is 14.0. The molecule has 0 aliphatic heterocycles. The molecule has 0 spiro atoms. The molecule has 5 nitrogen and oxygen atoms in total. The second-order valence-electron chi connectivity index (χ2n) is 5.76. The minimum absolute atomic E-state index is 0.0267. The van der Waals surface area contributed by atoms with Crippen LogP contribution in [0.4, 0.5) is 0 Å². The molecule has 2 rings (SSSR count). The summed E-state index contributed by atoms with van der Waals surface area (Å²) in [5.41, 5.74) is 0.499. The third-order valence-corrected chi connectivity index (χ3v) is 4.54. The van der Waals surface area contributed by atoms with Gasteiger partial charge in [-0.25, -0.2) is 0 Å². The van der Waals surface area contributed by atoms with Crippen LogP contribution >= 0.6 is 11.3 Å². The number of hydrogen-bond acceptors (Lipinski definition) is 5. The van der Waals surface area contributed by atoms with E-state index in [-0.39, 0.29) is 11.9 Å². The zero-order chi connectivity index (χ0) is 18.9. The molecule has 1 heterocycles. The molecule has 0 aliphatic carbocycles. The van der Waals surface area contributed by atoms with Crippen LogP contribution < -0.4 is 19.5 Å². The largest absolute Gasteiger partial charge is 0.490 e. The molecule has 0 radical (unpaired) electrons. The summed E-state index contributed by atoms with van der Waals surface area (Å²) in [5.74, 6) is 1.44. The van der Waals surface area contributed by atoms with Crippen molar-refractivity contribution in [1.29, 1.82) is 0 Å². The molecule has 6 heteroatoms. The molecular formula is C20H27NO4S. The molecule has 1 aromatic carbocycles. The van der Waals surface area contributed by atoms with E-state index in [0.29, 0.717) is 42.6 Å². The lowest BCUT2D eigenvalue weighted by Gasteiger charge is -2.18. The first-order chi connectivity index (χ1) is 12.6. The van der Waals surface area contributed by atoms with Crippen LogP contribution in [-0.4, -0.2) is 31.8 Å². The molecule has 0 saturated heterocycles. The van der Waals surface area contributed by atoms with Gasteiger partial charge in [0.25, 0.3) is 5.91 Å². The summed E-state index contributed by atoms with van der Waals surface area (Å²) in [5, 5.41) is 5.08. The maximum Gasteiger partial charge on any atom is 0.251 e. The summed E-state index contributed by atoms with van der Waals surface area (Å²) < 4.78 is 17.0. The number of benzene rings is 1. The lowest BCUT2D eigenvalue weighted by molar-refractivity contribution is 0.0939. The molecule has 26 heavy (non-hydrogen) atoms. The molecule has 1 aromatic heterocycles. The van der Waals surface area contributed by atoms with Gasteiger partial charge in [-0.2, -0.15) is 0 Å². The quantitative estimate of drug-likeness (QED) is 0.670. The average molecular weight is 378 g/mol. The van der Waals surface area contributed by atoms with Gasteiger partial charge in [0.2, 0.25) is 5.75 Å². The monoisotopic (exact) mass is 377 g/mol. The molecule has 0 fully saturated rings. The average Bonchev–Trinajstić information content (AvgIpc) is 3.10. The van der Waals surface area contributed by atoms with E-state index in [2.05, 4.69) is 11.4 Å². The van der Waals surface area contributed by atoms with Crippen molar-refractivity contribution in [2.45, 2.75) is 40.2 Å². The summed E-state index contributed by atoms with van der Waals surface area (Å²) in [7, 11) is 0. The standard InChI is InChI=1S/C20H27NO4S/c1-5-23-17-12-15(13-18(24-6-2)19(17)25-7-3)20(22)21-14(4)11-16-9-8-10-26-16/h8-10,12-14H,5-7,11H2,1-4H3,(H,21,22)/t14-/m1/s1. The zero-order valence-electron chi connectivity index (χ0n) is 15.8. The Balaban J connectivity index is 2.21. The number of nitrogens with one attached hydrogen (secondary N) is 1. The van der Waals surface area contributed by atoms with Crippen LogP contribution in [0.25, 0.3) is 0 Å². The highest BCUT2D eigenvalue weighted by Gasteiger charge is 2.19. The van der Waals surface area contributed by atoms with Crippen LogP contribution in [0.1, 0.15) is 42.9 Å². The number of rotatable bonds is 10. The van der Waals surface area contributed by atoms with Gasteiger partial charge in [0, 0.05) is 22.9 Å². The zero-order valence-corrected chi connectivity index (χ0v) is 16.7. The van der Waals surface area contributed by atoms with Crippen molar-refractivity contribution in [3.05, 3.63) is 40.1 Å². The van der Waals surface area contributed by atoms with Crippen molar-refractivity contribution < 1.29 is 19.0 Å². The Kier molecular flexibility index (Phi) is 7.78. The summed E-state index contributed by atoms with van der Waals surface area (Å²) in [6.45, 7) is 9.13. The Morgan fingerprint density at radius 2 is 1.69 bits per heavy atom. The third-order valence-electron chi connectivity index (χ3n) is 3.64. The second-order valence-corrected chi connectivity index (χ2v) is 6.79. The molecule has 0 bridgehead atoms. The van der Waals surface area contributed by atoms with Crippen LogP contribution in [0.5, 0.6) is 17.2 Å². The predicted octanol–water partition coefficient (Wildman–Crippen LogP) is 4.31. The minimum Gasteiger partial charge on any atom is -0.490 e. The maximum absolute atomic E-state index is 12.7. The van der Waals surface area contributed by atoms with E-state index in [9.17, 15) is 4.79 Å². The Labute approximate surface area is 159 Å². The second kappa shape index (κ2) is 10.1. The van der Waals surface area contributed by atoms with Gasteiger partial charge in [-0.15, -0.1) is 11.3 Å². The maximum atomic E-state index is 12.7. The van der Waals surface area contributed by atoms with Crippen LogP contribution in [-0.2, 0) is 6.42 Å². The first-order valence-electron chi connectivity index (χ1n) is 8.98. The lowest BCUT2D eigenvalue weighted by Crippen LogP contribution is -2.33. The Morgan fingerprint density at radius 3 is 2.19 bits per heavy atom. The molecule has 2 aromatic rings. The lowest BCUT2D eigenvalue weighted by atomic mass is 10.1. The first-order valence-corrected chi connectivity index (χ1v) is 9.86. The predicted molar refractivity (Wildman–Crippen MR) is 105 cm³/mol. The number of carbonyl (C=O) groups excluding carboxylic acids is 1. The molecule has 0 aliphatic rings. The molecule has 0 unspecified atom stereocenters. The third kappa shape index (κ3) is 5.39. The van der Waals surface area contributed by atoms with E-state index >= 15 is 0 Å². The fourth-order valence-corrected chi connectivity index (χ4v) is 3.44. The van der Waals surface area contributed by atoms with E-state index in [1.807, 2.05) is 39.1 Å². The fraction of sp³-hybridized carbons (Fsp3) is 0.450. The van der Waals surface area contributed by atoms with Gasteiger partial charge in [0.15, 0.2) is 11.5 Å². The van der Waals surface area contributed by atoms with Crippen molar-refractivity contribution in [1.82, 2.24) is 5.32 Å². The van der Waals surface area contributed by atoms with E-state index in [1.165, 1.54) is 4.88 Å².